The van der Waals surface area contributed by atoms with Crippen LogP contribution in [-0.4, -0.2) is 144 Å². The third kappa shape index (κ3) is 7.30. The molecule has 1 aromatic rings. The number of tetrazole rings is 1. The standard InChI is InChI=1S/C24H30N8O10S4/c1-30-23(27-28-29-30)44-9-10-8-43-22-24(41-5,21(40)31(22)14(10)17(37)38)26-16(36)20-45-19(46-20)13(15(25)35)18(39)42-11(6-12(33)34)7-32(2,3)4/h11,20,22H,6-9H2,1-5H3,(H4-,25,26,33,34,35,36,37,38)/p+1/t11?,20?,22-,24+/m1/s1. The molecule has 0 aliphatic carbocycles. The number of carboxylic acids is 2. The van der Waals surface area contributed by atoms with Gasteiger partial charge < -0.3 is 35.2 Å². The van der Waals surface area contributed by atoms with E-state index < -0.39 is 69.4 Å². The van der Waals surface area contributed by atoms with Gasteiger partial charge in [-0.1, -0.05) is 35.3 Å². The summed E-state index contributed by atoms with van der Waals surface area (Å²) in [6.07, 6.45) is -1.54. The number of aliphatic carboxylic acids is 2. The van der Waals surface area contributed by atoms with Crippen LogP contribution < -0.4 is 11.1 Å². The van der Waals surface area contributed by atoms with Gasteiger partial charge >= 0.3 is 17.9 Å². The Kier molecular flexibility index (Phi) is 10.7. The van der Waals surface area contributed by atoms with Gasteiger partial charge in [-0.05, 0) is 16.0 Å². The highest BCUT2D eigenvalue weighted by molar-refractivity contribution is 8.39. The SMILES string of the molecule is CO[C@@]1(NC(=O)C2SC(=C(C(N)=O)C(=O)OC(CC(=O)O)C[N+](C)(C)C)S2)C(=O)N2C(C(=O)O)=C(CSc3nnnn3C)CS[C@@H]21. The van der Waals surface area contributed by atoms with Crippen molar-refractivity contribution in [3.63, 3.8) is 0 Å². The number of thioether (sulfide) groups is 4. The summed E-state index contributed by atoms with van der Waals surface area (Å²) in [4.78, 5) is 76.4. The molecule has 250 valence electrons. The van der Waals surface area contributed by atoms with E-state index in [2.05, 4.69) is 20.8 Å². The second-order valence-corrected chi connectivity index (χ2v) is 15.9. The van der Waals surface area contributed by atoms with Gasteiger partial charge in [-0.3, -0.25) is 24.1 Å². The van der Waals surface area contributed by atoms with Gasteiger partial charge in [0.1, 0.15) is 27.8 Å². The monoisotopic (exact) mass is 719 g/mol. The van der Waals surface area contributed by atoms with Gasteiger partial charge in [-0.15, -0.1) is 16.9 Å². The number of quaternary nitrogens is 1. The normalized spacial score (nSPS) is 23.1. The lowest BCUT2D eigenvalue weighted by atomic mass is 9.98. The molecule has 22 heteroatoms. The Morgan fingerprint density at radius 1 is 1.22 bits per heavy atom. The molecule has 0 radical (unpaired) electrons. The van der Waals surface area contributed by atoms with E-state index in [9.17, 15) is 39.0 Å². The van der Waals surface area contributed by atoms with Crippen LogP contribution in [0.4, 0.5) is 0 Å². The van der Waals surface area contributed by atoms with E-state index in [-0.39, 0.29) is 32.5 Å². The predicted octanol–water partition coefficient (Wildman–Crippen LogP) is -1.39. The van der Waals surface area contributed by atoms with Crippen molar-refractivity contribution in [3.8, 4) is 0 Å². The van der Waals surface area contributed by atoms with Crippen LogP contribution in [-0.2, 0) is 45.3 Å². The molecule has 5 N–H and O–H groups in total. The zero-order chi connectivity index (χ0) is 34.1. The van der Waals surface area contributed by atoms with E-state index >= 15 is 0 Å². The predicted molar refractivity (Wildman–Crippen MR) is 165 cm³/mol. The van der Waals surface area contributed by atoms with Crippen LogP contribution in [0.15, 0.2) is 26.2 Å². The second kappa shape index (κ2) is 13.8. The zero-order valence-electron chi connectivity index (χ0n) is 25.1. The molecule has 4 rings (SSSR count). The number of hydrogen-bond donors (Lipinski definition) is 4. The maximum absolute atomic E-state index is 13.4. The molecule has 0 saturated carbocycles. The van der Waals surface area contributed by atoms with Gasteiger partial charge in [0.25, 0.3) is 17.5 Å². The van der Waals surface area contributed by atoms with Crippen LogP contribution in [0.1, 0.15) is 6.42 Å². The number of primary amides is 1. The number of nitrogens with one attached hydrogen (secondary N) is 1. The third-order valence-corrected chi connectivity index (χ3v) is 11.9. The number of carboxylic acid groups (broad SMARTS) is 2. The van der Waals surface area contributed by atoms with Crippen LogP contribution in [0.2, 0.25) is 0 Å². The van der Waals surface area contributed by atoms with Crippen molar-refractivity contribution in [1.29, 1.82) is 0 Å². The molecular weight excluding hydrogens is 689 g/mol. The van der Waals surface area contributed by atoms with Crippen molar-refractivity contribution in [2.45, 2.75) is 33.4 Å². The molecule has 0 bridgehead atoms. The van der Waals surface area contributed by atoms with Crippen LogP contribution in [0.25, 0.3) is 0 Å². The van der Waals surface area contributed by atoms with Crippen LogP contribution in [0.5, 0.6) is 0 Å². The molecule has 1 aromatic heterocycles. The number of amides is 3. The molecule has 4 heterocycles. The van der Waals surface area contributed by atoms with Gasteiger partial charge in [-0.2, -0.15) is 0 Å². The third-order valence-electron chi connectivity index (χ3n) is 6.62. The fourth-order valence-corrected chi connectivity index (χ4v) is 9.30. The number of β-lactam (4-membered cyclic amide) rings is 1. The number of aromatic nitrogens is 4. The van der Waals surface area contributed by atoms with Gasteiger partial charge in [0.15, 0.2) is 6.10 Å². The van der Waals surface area contributed by atoms with Crippen LogP contribution in [0.3, 0.4) is 0 Å². The molecule has 46 heavy (non-hydrogen) atoms. The molecule has 3 amide bonds. The average Bonchev–Trinajstić information content (AvgIpc) is 3.33. The van der Waals surface area contributed by atoms with Crippen molar-refractivity contribution in [2.24, 2.45) is 12.8 Å². The van der Waals surface area contributed by atoms with Gasteiger partial charge in [-0.25, -0.2) is 14.3 Å². The summed E-state index contributed by atoms with van der Waals surface area (Å²) < 4.78 is 11.7. The first kappa shape index (κ1) is 35.5. The second-order valence-electron chi connectivity index (χ2n) is 11.1. The summed E-state index contributed by atoms with van der Waals surface area (Å²) in [5.74, 6) is -5.80. The fraction of sp³-hybridized carbons (Fsp3) is 0.542. The zero-order valence-corrected chi connectivity index (χ0v) is 28.4. The Labute approximate surface area is 278 Å². The Bertz CT molecular complexity index is 1530. The summed E-state index contributed by atoms with van der Waals surface area (Å²) >= 11 is 4.07. The molecule has 3 aliphatic heterocycles. The van der Waals surface area contributed by atoms with Gasteiger partial charge in [0, 0.05) is 25.7 Å². The Morgan fingerprint density at radius 3 is 2.41 bits per heavy atom. The quantitative estimate of drug-likeness (QED) is 0.0253. The minimum Gasteiger partial charge on any atom is -0.481 e. The number of likely N-dealkylation sites (N-methyl/N-ethyl adjacent to an activating group) is 1. The fourth-order valence-electron chi connectivity index (χ4n) is 4.66. The van der Waals surface area contributed by atoms with Crippen molar-refractivity contribution in [3.05, 3.63) is 21.1 Å². The topological polar surface area (TPSA) is 246 Å². The molecule has 3 atom stereocenters. The number of hydrogen-bond acceptors (Lipinski definition) is 15. The Hall–Kier alpha value is -3.31. The average molecular weight is 720 g/mol. The lowest BCUT2D eigenvalue weighted by Crippen LogP contribution is -2.81. The lowest BCUT2D eigenvalue weighted by molar-refractivity contribution is -0.873. The highest BCUT2D eigenvalue weighted by Gasteiger charge is 2.67. The smallest absolute Gasteiger partial charge is 0.352 e. The Balaban J connectivity index is 1.45. The molecule has 2 saturated heterocycles. The number of fused-ring (bicyclic) bond motifs is 1. The summed E-state index contributed by atoms with van der Waals surface area (Å²) in [6, 6.07) is 0. The van der Waals surface area contributed by atoms with Gasteiger partial charge in [0.05, 0.1) is 31.8 Å². The number of rotatable bonds is 14. The number of nitrogens with two attached hydrogens (primary N) is 1. The van der Waals surface area contributed by atoms with Crippen LogP contribution in [0, 0.1) is 0 Å². The number of methoxy groups -OCH3 is 1. The Morgan fingerprint density at radius 2 is 1.89 bits per heavy atom. The summed E-state index contributed by atoms with van der Waals surface area (Å²) in [5, 5.41) is 32.5. The van der Waals surface area contributed by atoms with Crippen LogP contribution >= 0.6 is 47.0 Å². The first-order valence-electron chi connectivity index (χ1n) is 13.2. The largest absolute Gasteiger partial charge is 0.481 e. The molecule has 1 unspecified atom stereocenters. The van der Waals surface area contributed by atoms with Crippen molar-refractivity contribution in [1.82, 2.24) is 30.4 Å². The van der Waals surface area contributed by atoms with Crippen molar-refractivity contribution in [2.75, 3.05) is 46.3 Å². The minimum absolute atomic E-state index is 0.0911. The number of ether oxygens (including phenoxy) is 2. The molecule has 18 nitrogen and oxygen atoms in total. The summed E-state index contributed by atoms with van der Waals surface area (Å²) in [6.45, 7) is 0.145. The number of esters is 1. The first-order chi connectivity index (χ1) is 21.5. The maximum atomic E-state index is 13.4. The molecule has 3 aliphatic rings. The molecule has 0 aromatic carbocycles. The highest BCUT2D eigenvalue weighted by atomic mass is 32.3. The first-order valence-corrected chi connectivity index (χ1v) is 17.0. The number of carbonyl (C=O) groups excluding carboxylic acids is 4. The summed E-state index contributed by atoms with van der Waals surface area (Å²) in [5.41, 5.74) is 3.30. The minimum atomic E-state index is -1.87. The number of aryl methyl sites for hydroxylation is 1. The maximum Gasteiger partial charge on any atom is 0.352 e. The molecule has 2 fully saturated rings. The number of carbonyl (C=O) groups is 6. The lowest BCUT2D eigenvalue weighted by Gasteiger charge is -2.56. The van der Waals surface area contributed by atoms with E-state index in [0.717, 1.165) is 28.4 Å². The van der Waals surface area contributed by atoms with E-state index in [0.29, 0.717) is 10.7 Å². The highest BCUT2D eigenvalue weighted by Crippen LogP contribution is 2.54. The van der Waals surface area contributed by atoms with E-state index in [1.54, 1.807) is 28.2 Å². The van der Waals surface area contributed by atoms with Gasteiger partial charge in [0.2, 0.25) is 11.1 Å². The van der Waals surface area contributed by atoms with E-state index in [1.165, 1.54) is 35.3 Å². The molecule has 0 spiro atoms. The van der Waals surface area contributed by atoms with E-state index in [1.807, 2.05) is 0 Å². The summed E-state index contributed by atoms with van der Waals surface area (Å²) in [7, 11) is 8.18. The molecular formula is C24H31N8O10S4+. The number of nitrogens with zero attached hydrogens (tertiary/aromatic N) is 6. The van der Waals surface area contributed by atoms with E-state index in [4.69, 9.17) is 15.2 Å². The van der Waals surface area contributed by atoms with Crippen molar-refractivity contribution >= 4 is 82.7 Å². The van der Waals surface area contributed by atoms with Crippen molar-refractivity contribution < 1.29 is 52.9 Å².